The average Bonchev–Trinajstić information content (AvgIpc) is 3.25. The maximum Gasteiger partial charge on any atom is 0.242 e. The number of nitrogens with zero attached hydrogens (tertiary/aromatic N) is 4. The first kappa shape index (κ1) is 15.7. The van der Waals surface area contributed by atoms with Gasteiger partial charge in [-0.2, -0.15) is 5.10 Å². The lowest BCUT2D eigenvalue weighted by Gasteiger charge is -2.31. The number of anilines is 1. The Labute approximate surface area is 135 Å². The van der Waals surface area contributed by atoms with Crippen LogP contribution < -0.4 is 5.32 Å². The second kappa shape index (κ2) is 6.95. The van der Waals surface area contributed by atoms with Gasteiger partial charge in [-0.05, 0) is 38.8 Å². The molecule has 1 fully saturated rings. The van der Waals surface area contributed by atoms with Crippen molar-refractivity contribution in [3.8, 4) is 0 Å². The van der Waals surface area contributed by atoms with Crippen LogP contribution in [0.15, 0.2) is 29.0 Å². The minimum Gasteiger partial charge on any atom is -0.360 e. The Hall–Kier alpha value is -2.15. The molecule has 0 aliphatic carbocycles. The summed E-state index contributed by atoms with van der Waals surface area (Å²) in [7, 11) is 0. The van der Waals surface area contributed by atoms with Crippen molar-refractivity contribution in [3.63, 3.8) is 0 Å². The summed E-state index contributed by atoms with van der Waals surface area (Å²) < 4.78 is 6.94. The van der Waals surface area contributed by atoms with Gasteiger partial charge in [-0.25, -0.2) is 0 Å². The minimum absolute atomic E-state index is 0.0202. The molecule has 0 spiro atoms. The lowest BCUT2D eigenvalue weighted by molar-refractivity contribution is -0.122. The maximum absolute atomic E-state index is 12.6. The normalized spacial score (nSPS) is 19.8. The molecule has 2 aromatic heterocycles. The lowest BCUT2D eigenvalue weighted by Crippen LogP contribution is -2.47. The SMILES string of the molecule is CC[C@@H](C(=O)Nc1cc(C)on1)N1CCC[C@@H]1Cn1cccn1. The van der Waals surface area contributed by atoms with Crippen LogP contribution >= 0.6 is 0 Å². The molecule has 1 amide bonds. The number of carbonyl (C=O) groups excluding carboxylic acids is 1. The molecule has 3 heterocycles. The molecule has 1 N–H and O–H groups in total. The van der Waals surface area contributed by atoms with E-state index >= 15 is 0 Å². The first-order valence-corrected chi connectivity index (χ1v) is 8.14. The van der Waals surface area contributed by atoms with Crippen LogP contribution in [-0.2, 0) is 11.3 Å². The molecule has 2 atom stereocenters. The second-order valence-electron chi connectivity index (χ2n) is 6.00. The number of aromatic nitrogens is 3. The van der Waals surface area contributed by atoms with Crippen molar-refractivity contribution < 1.29 is 9.32 Å². The molecule has 0 unspecified atom stereocenters. The van der Waals surface area contributed by atoms with Gasteiger partial charge in [0.1, 0.15) is 5.76 Å². The molecule has 0 saturated carbocycles. The van der Waals surface area contributed by atoms with E-state index in [2.05, 4.69) is 20.5 Å². The summed E-state index contributed by atoms with van der Waals surface area (Å²) in [4.78, 5) is 14.9. The number of hydrogen-bond acceptors (Lipinski definition) is 5. The van der Waals surface area contributed by atoms with Crippen LogP contribution in [-0.4, -0.2) is 44.4 Å². The van der Waals surface area contributed by atoms with Crippen molar-refractivity contribution in [2.75, 3.05) is 11.9 Å². The predicted octanol–water partition coefficient (Wildman–Crippen LogP) is 2.06. The van der Waals surface area contributed by atoms with Gasteiger partial charge in [-0.3, -0.25) is 14.4 Å². The molecule has 1 aliphatic rings. The van der Waals surface area contributed by atoms with Crippen LogP contribution in [0.2, 0.25) is 0 Å². The zero-order valence-electron chi connectivity index (χ0n) is 13.6. The fourth-order valence-electron chi connectivity index (χ4n) is 3.29. The molecule has 1 saturated heterocycles. The molecule has 0 radical (unpaired) electrons. The Morgan fingerprint density at radius 2 is 2.43 bits per heavy atom. The number of rotatable bonds is 6. The Kier molecular flexibility index (Phi) is 4.76. The summed E-state index contributed by atoms with van der Waals surface area (Å²) >= 11 is 0. The smallest absolute Gasteiger partial charge is 0.242 e. The zero-order chi connectivity index (χ0) is 16.2. The fraction of sp³-hybridized carbons (Fsp3) is 0.562. The van der Waals surface area contributed by atoms with Crippen LogP contribution in [0.4, 0.5) is 5.82 Å². The van der Waals surface area contributed by atoms with Gasteiger partial charge in [0.05, 0.1) is 12.6 Å². The Morgan fingerprint density at radius 1 is 1.57 bits per heavy atom. The fourth-order valence-corrected chi connectivity index (χ4v) is 3.29. The summed E-state index contributed by atoms with van der Waals surface area (Å²) in [6, 6.07) is 3.84. The monoisotopic (exact) mass is 317 g/mol. The highest BCUT2D eigenvalue weighted by molar-refractivity contribution is 5.94. The topological polar surface area (TPSA) is 76.2 Å². The molecule has 2 aromatic rings. The average molecular weight is 317 g/mol. The van der Waals surface area contributed by atoms with Gasteiger partial charge in [0.15, 0.2) is 5.82 Å². The van der Waals surface area contributed by atoms with Crippen LogP contribution in [0.5, 0.6) is 0 Å². The van der Waals surface area contributed by atoms with Crippen molar-refractivity contribution in [2.45, 2.75) is 51.7 Å². The number of carbonyl (C=O) groups is 1. The summed E-state index contributed by atoms with van der Waals surface area (Å²) in [5, 5.41) is 11.0. The minimum atomic E-state index is -0.157. The third kappa shape index (κ3) is 3.61. The Balaban J connectivity index is 1.67. The van der Waals surface area contributed by atoms with E-state index in [-0.39, 0.29) is 11.9 Å². The highest BCUT2D eigenvalue weighted by Crippen LogP contribution is 2.24. The van der Waals surface area contributed by atoms with Gasteiger partial charge in [-0.15, -0.1) is 0 Å². The van der Waals surface area contributed by atoms with E-state index in [0.29, 0.717) is 17.6 Å². The van der Waals surface area contributed by atoms with Crippen molar-refractivity contribution in [3.05, 3.63) is 30.3 Å². The van der Waals surface area contributed by atoms with Crippen molar-refractivity contribution >= 4 is 11.7 Å². The van der Waals surface area contributed by atoms with E-state index in [4.69, 9.17) is 4.52 Å². The molecule has 1 aliphatic heterocycles. The number of nitrogens with one attached hydrogen (secondary N) is 1. The Morgan fingerprint density at radius 3 is 3.09 bits per heavy atom. The molecular weight excluding hydrogens is 294 g/mol. The molecule has 7 nitrogen and oxygen atoms in total. The van der Waals surface area contributed by atoms with E-state index in [9.17, 15) is 4.79 Å². The largest absolute Gasteiger partial charge is 0.360 e. The number of aryl methyl sites for hydroxylation is 1. The summed E-state index contributed by atoms with van der Waals surface area (Å²) in [6.07, 6.45) is 6.72. The Bertz CT molecular complexity index is 637. The molecule has 0 bridgehead atoms. The number of hydrogen-bond donors (Lipinski definition) is 1. The van der Waals surface area contributed by atoms with Gasteiger partial charge in [-0.1, -0.05) is 12.1 Å². The van der Waals surface area contributed by atoms with Gasteiger partial charge >= 0.3 is 0 Å². The lowest BCUT2D eigenvalue weighted by atomic mass is 10.1. The van der Waals surface area contributed by atoms with Gasteiger partial charge in [0, 0.05) is 24.5 Å². The quantitative estimate of drug-likeness (QED) is 0.882. The van der Waals surface area contributed by atoms with E-state index in [1.807, 2.05) is 23.9 Å². The summed E-state index contributed by atoms with van der Waals surface area (Å²) in [5.41, 5.74) is 0. The van der Waals surface area contributed by atoms with E-state index < -0.39 is 0 Å². The standard InChI is InChI=1S/C16H23N5O2/c1-3-14(16(22)18-15-10-12(2)23-19-15)21-9-4-6-13(21)11-20-8-5-7-17-20/h5,7-8,10,13-14H,3-4,6,9,11H2,1-2H3,(H,18,19,22)/t13-,14+/m1/s1. The number of likely N-dealkylation sites (tertiary alicyclic amines) is 1. The number of amides is 1. The van der Waals surface area contributed by atoms with Gasteiger partial charge in [0.2, 0.25) is 5.91 Å². The highest BCUT2D eigenvalue weighted by Gasteiger charge is 2.34. The first-order chi connectivity index (χ1) is 11.2. The molecule has 7 heteroatoms. The highest BCUT2D eigenvalue weighted by atomic mass is 16.5. The molecule has 3 rings (SSSR count). The molecule has 23 heavy (non-hydrogen) atoms. The molecule has 124 valence electrons. The third-order valence-electron chi connectivity index (χ3n) is 4.35. The van der Waals surface area contributed by atoms with E-state index in [1.54, 1.807) is 19.2 Å². The van der Waals surface area contributed by atoms with Gasteiger partial charge in [0.25, 0.3) is 0 Å². The van der Waals surface area contributed by atoms with Crippen molar-refractivity contribution in [2.24, 2.45) is 0 Å². The first-order valence-electron chi connectivity index (χ1n) is 8.14. The van der Waals surface area contributed by atoms with Crippen molar-refractivity contribution in [1.29, 1.82) is 0 Å². The summed E-state index contributed by atoms with van der Waals surface area (Å²) in [6.45, 7) is 5.61. The predicted molar refractivity (Wildman–Crippen MR) is 85.9 cm³/mol. The van der Waals surface area contributed by atoms with Crippen LogP contribution in [0, 0.1) is 6.92 Å². The van der Waals surface area contributed by atoms with Gasteiger partial charge < -0.3 is 9.84 Å². The zero-order valence-corrected chi connectivity index (χ0v) is 13.6. The second-order valence-corrected chi connectivity index (χ2v) is 6.00. The third-order valence-corrected chi connectivity index (χ3v) is 4.35. The molecule has 0 aromatic carbocycles. The van der Waals surface area contributed by atoms with Crippen LogP contribution in [0.1, 0.15) is 31.9 Å². The van der Waals surface area contributed by atoms with Crippen LogP contribution in [0.3, 0.4) is 0 Å². The van der Waals surface area contributed by atoms with E-state index in [1.165, 1.54) is 0 Å². The summed E-state index contributed by atoms with van der Waals surface area (Å²) in [5.74, 6) is 1.15. The van der Waals surface area contributed by atoms with E-state index in [0.717, 1.165) is 32.4 Å². The van der Waals surface area contributed by atoms with Crippen molar-refractivity contribution in [1.82, 2.24) is 19.8 Å². The van der Waals surface area contributed by atoms with Crippen LogP contribution in [0.25, 0.3) is 0 Å². The molecular formula is C16H23N5O2. The maximum atomic E-state index is 12.6.